The highest BCUT2D eigenvalue weighted by Gasteiger charge is 2.32. The summed E-state index contributed by atoms with van der Waals surface area (Å²) in [5.41, 5.74) is 2.50. The second kappa shape index (κ2) is 6.14. The van der Waals surface area contributed by atoms with Gasteiger partial charge in [-0.25, -0.2) is 0 Å². The number of carbonyl (C=O) groups excluding carboxylic acids is 1. The summed E-state index contributed by atoms with van der Waals surface area (Å²) in [5.74, 6) is 0.841. The Morgan fingerprint density at radius 2 is 1.65 bits per heavy atom. The number of nitrogens with zero attached hydrogens (tertiary/aromatic N) is 1. The van der Waals surface area contributed by atoms with Crippen molar-refractivity contribution in [1.29, 1.82) is 0 Å². The molecule has 3 rings (SSSR count). The van der Waals surface area contributed by atoms with Crippen LogP contribution < -0.4 is 0 Å². The van der Waals surface area contributed by atoms with Crippen molar-refractivity contribution >= 4 is 17.7 Å². The van der Waals surface area contributed by atoms with Gasteiger partial charge in [0.05, 0.1) is 5.75 Å². The lowest BCUT2D eigenvalue weighted by Crippen LogP contribution is -2.30. The molecule has 1 aliphatic heterocycles. The number of rotatable bonds is 4. The minimum Gasteiger partial charge on any atom is -0.326 e. The number of thioether (sulfide) groups is 1. The van der Waals surface area contributed by atoms with Gasteiger partial charge in [-0.2, -0.15) is 0 Å². The van der Waals surface area contributed by atoms with Crippen molar-refractivity contribution in [1.82, 2.24) is 4.90 Å². The Balaban J connectivity index is 1.71. The zero-order valence-electron chi connectivity index (χ0n) is 11.2. The van der Waals surface area contributed by atoms with Gasteiger partial charge in [0.25, 0.3) is 0 Å². The van der Waals surface area contributed by atoms with Gasteiger partial charge in [0.2, 0.25) is 5.91 Å². The lowest BCUT2D eigenvalue weighted by Gasteiger charge is -2.24. The molecule has 0 unspecified atom stereocenters. The van der Waals surface area contributed by atoms with Crippen molar-refractivity contribution in [3.05, 3.63) is 71.8 Å². The van der Waals surface area contributed by atoms with Crippen LogP contribution in [-0.2, 0) is 11.2 Å². The quantitative estimate of drug-likeness (QED) is 0.856. The number of hydrogen-bond donors (Lipinski definition) is 0. The summed E-state index contributed by atoms with van der Waals surface area (Å²) in [4.78, 5) is 14.1. The van der Waals surface area contributed by atoms with Gasteiger partial charge in [-0.1, -0.05) is 60.7 Å². The maximum atomic E-state index is 12.1. The van der Waals surface area contributed by atoms with Gasteiger partial charge < -0.3 is 4.90 Å². The molecule has 1 amide bonds. The SMILES string of the molecule is O=C1CS[C@@H](c2ccccc2)N1CCc1ccccc1. The number of benzene rings is 2. The van der Waals surface area contributed by atoms with E-state index in [0.717, 1.165) is 13.0 Å². The Morgan fingerprint density at radius 1 is 1.00 bits per heavy atom. The van der Waals surface area contributed by atoms with Crippen molar-refractivity contribution < 1.29 is 4.79 Å². The highest BCUT2D eigenvalue weighted by molar-refractivity contribution is 8.00. The van der Waals surface area contributed by atoms with Crippen molar-refractivity contribution in [2.24, 2.45) is 0 Å². The molecule has 3 heteroatoms. The van der Waals surface area contributed by atoms with E-state index >= 15 is 0 Å². The van der Waals surface area contributed by atoms with E-state index in [-0.39, 0.29) is 11.3 Å². The topological polar surface area (TPSA) is 20.3 Å². The molecule has 0 aromatic heterocycles. The van der Waals surface area contributed by atoms with Crippen LogP contribution in [0.3, 0.4) is 0 Å². The van der Waals surface area contributed by atoms with E-state index in [1.165, 1.54) is 11.1 Å². The summed E-state index contributed by atoms with van der Waals surface area (Å²) in [6.45, 7) is 0.787. The van der Waals surface area contributed by atoms with Crippen LogP contribution in [0.25, 0.3) is 0 Å². The molecule has 1 heterocycles. The minimum atomic E-state index is 0.174. The van der Waals surface area contributed by atoms with E-state index in [9.17, 15) is 4.79 Å². The first-order chi connectivity index (χ1) is 9.84. The van der Waals surface area contributed by atoms with Crippen molar-refractivity contribution in [3.63, 3.8) is 0 Å². The zero-order chi connectivity index (χ0) is 13.8. The van der Waals surface area contributed by atoms with Crippen molar-refractivity contribution in [2.45, 2.75) is 11.8 Å². The van der Waals surface area contributed by atoms with Crippen LogP contribution in [-0.4, -0.2) is 23.1 Å². The molecule has 2 aromatic rings. The zero-order valence-corrected chi connectivity index (χ0v) is 12.1. The summed E-state index contributed by atoms with van der Waals surface area (Å²) < 4.78 is 0. The molecule has 1 fully saturated rings. The van der Waals surface area contributed by atoms with Crippen LogP contribution in [0.4, 0.5) is 0 Å². The van der Waals surface area contributed by atoms with E-state index in [1.807, 2.05) is 41.3 Å². The van der Waals surface area contributed by atoms with Gasteiger partial charge in [-0.15, -0.1) is 11.8 Å². The molecule has 1 aliphatic rings. The fourth-order valence-electron chi connectivity index (χ4n) is 2.48. The lowest BCUT2D eigenvalue weighted by atomic mass is 10.1. The molecule has 102 valence electrons. The normalized spacial score (nSPS) is 18.5. The standard InChI is InChI=1S/C17H17NOS/c19-16-13-20-17(15-9-5-2-6-10-15)18(16)12-11-14-7-3-1-4-8-14/h1-10,17H,11-13H2/t17-/m0/s1. The van der Waals surface area contributed by atoms with Gasteiger partial charge in [0.1, 0.15) is 5.37 Å². The molecule has 0 radical (unpaired) electrons. The van der Waals surface area contributed by atoms with Crippen LogP contribution >= 0.6 is 11.8 Å². The Labute approximate surface area is 123 Å². The fourth-order valence-corrected chi connectivity index (χ4v) is 3.70. The van der Waals surface area contributed by atoms with E-state index in [0.29, 0.717) is 5.75 Å². The molecular weight excluding hydrogens is 266 g/mol. The molecule has 0 N–H and O–H groups in total. The Morgan fingerprint density at radius 3 is 2.35 bits per heavy atom. The summed E-state index contributed by atoms with van der Waals surface area (Å²) in [5, 5.41) is 0.174. The van der Waals surface area contributed by atoms with Gasteiger partial charge >= 0.3 is 0 Å². The minimum absolute atomic E-state index is 0.174. The van der Waals surface area contributed by atoms with Crippen LogP contribution in [0.5, 0.6) is 0 Å². The summed E-state index contributed by atoms with van der Waals surface area (Å²) >= 11 is 1.72. The van der Waals surface area contributed by atoms with E-state index in [2.05, 4.69) is 24.3 Å². The Bertz CT molecular complexity index is 570. The lowest BCUT2D eigenvalue weighted by molar-refractivity contribution is -0.128. The maximum Gasteiger partial charge on any atom is 0.233 e. The summed E-state index contributed by atoms with van der Waals surface area (Å²) in [6, 6.07) is 20.6. The highest BCUT2D eigenvalue weighted by atomic mass is 32.2. The Kier molecular flexibility index (Phi) is 4.07. The molecule has 0 bridgehead atoms. The molecule has 1 atom stereocenters. The fraction of sp³-hybridized carbons (Fsp3) is 0.235. The summed E-state index contributed by atoms with van der Waals surface area (Å²) in [7, 11) is 0. The van der Waals surface area contributed by atoms with Gasteiger partial charge in [-0.05, 0) is 17.5 Å². The van der Waals surface area contributed by atoms with E-state index < -0.39 is 0 Å². The number of hydrogen-bond acceptors (Lipinski definition) is 2. The predicted molar refractivity (Wildman–Crippen MR) is 83.5 cm³/mol. The molecule has 2 nitrogen and oxygen atoms in total. The molecule has 1 saturated heterocycles. The molecular formula is C17H17NOS. The average molecular weight is 283 g/mol. The summed E-state index contributed by atoms with van der Waals surface area (Å²) in [6.07, 6.45) is 0.913. The third kappa shape index (κ3) is 2.88. The highest BCUT2D eigenvalue weighted by Crippen LogP contribution is 2.38. The average Bonchev–Trinajstić information content (AvgIpc) is 2.88. The predicted octanol–water partition coefficient (Wildman–Crippen LogP) is 3.50. The van der Waals surface area contributed by atoms with Gasteiger partial charge in [0, 0.05) is 6.54 Å². The van der Waals surface area contributed by atoms with Crippen molar-refractivity contribution in [2.75, 3.05) is 12.3 Å². The Hall–Kier alpha value is -1.74. The first-order valence-corrected chi connectivity index (χ1v) is 7.89. The van der Waals surface area contributed by atoms with E-state index in [4.69, 9.17) is 0 Å². The first kappa shape index (κ1) is 13.3. The van der Waals surface area contributed by atoms with Gasteiger partial charge in [0.15, 0.2) is 0 Å². The third-order valence-electron chi connectivity index (χ3n) is 3.54. The number of carbonyl (C=O) groups is 1. The number of amides is 1. The molecule has 20 heavy (non-hydrogen) atoms. The van der Waals surface area contributed by atoms with Crippen LogP contribution in [0.1, 0.15) is 16.5 Å². The second-order valence-electron chi connectivity index (χ2n) is 4.90. The molecule has 0 saturated carbocycles. The molecule has 0 spiro atoms. The van der Waals surface area contributed by atoms with Gasteiger partial charge in [-0.3, -0.25) is 4.79 Å². The molecule has 0 aliphatic carbocycles. The van der Waals surface area contributed by atoms with Crippen LogP contribution in [0.2, 0.25) is 0 Å². The third-order valence-corrected chi connectivity index (χ3v) is 4.79. The largest absolute Gasteiger partial charge is 0.326 e. The monoisotopic (exact) mass is 283 g/mol. The molecule has 2 aromatic carbocycles. The van der Waals surface area contributed by atoms with Crippen LogP contribution in [0.15, 0.2) is 60.7 Å². The smallest absolute Gasteiger partial charge is 0.233 e. The van der Waals surface area contributed by atoms with Crippen LogP contribution in [0, 0.1) is 0 Å². The first-order valence-electron chi connectivity index (χ1n) is 6.84. The van der Waals surface area contributed by atoms with E-state index in [1.54, 1.807) is 11.8 Å². The second-order valence-corrected chi connectivity index (χ2v) is 5.97. The van der Waals surface area contributed by atoms with Crippen molar-refractivity contribution in [3.8, 4) is 0 Å². The maximum absolute atomic E-state index is 12.1.